The third kappa shape index (κ3) is 4.78. The Hall–Kier alpha value is -2.43. The van der Waals surface area contributed by atoms with E-state index in [0.717, 1.165) is 31.6 Å². The van der Waals surface area contributed by atoms with E-state index in [1.54, 1.807) is 30.5 Å². The molecule has 2 rings (SSSR count). The Kier molecular flexibility index (Phi) is 6.73. The second-order valence-electron chi connectivity index (χ2n) is 5.66. The lowest BCUT2D eigenvalue weighted by Gasteiger charge is -2.23. The van der Waals surface area contributed by atoms with Crippen molar-refractivity contribution in [3.63, 3.8) is 0 Å². The van der Waals surface area contributed by atoms with Crippen LogP contribution < -0.4 is 10.2 Å². The highest BCUT2D eigenvalue weighted by Crippen LogP contribution is 2.16. The summed E-state index contributed by atoms with van der Waals surface area (Å²) in [4.78, 5) is 18.7. The van der Waals surface area contributed by atoms with E-state index < -0.39 is 0 Å². The number of nitrogens with zero attached hydrogens (tertiary/aromatic N) is 2. The molecule has 1 heterocycles. The lowest BCUT2D eigenvalue weighted by molar-refractivity contribution is 0.0945. The van der Waals surface area contributed by atoms with E-state index in [1.807, 2.05) is 6.07 Å². The number of anilines is 1. The average Bonchev–Trinajstić information content (AvgIpc) is 2.61. The van der Waals surface area contributed by atoms with Gasteiger partial charge in [-0.05, 0) is 31.0 Å². The Labute approximate surface area is 142 Å². The number of benzene rings is 1. The Morgan fingerprint density at radius 3 is 2.54 bits per heavy atom. The van der Waals surface area contributed by atoms with Gasteiger partial charge in [0.15, 0.2) is 0 Å². The zero-order chi connectivity index (χ0) is 17.4. The van der Waals surface area contributed by atoms with Crippen LogP contribution in [0.25, 0.3) is 0 Å². The lowest BCUT2D eigenvalue weighted by Crippen LogP contribution is -2.27. The van der Waals surface area contributed by atoms with Crippen molar-refractivity contribution in [3.05, 3.63) is 59.7 Å². The van der Waals surface area contributed by atoms with E-state index in [1.165, 1.54) is 6.07 Å². The number of nitrogens with one attached hydrogen (secondary N) is 1. The van der Waals surface area contributed by atoms with Crippen LogP contribution in [0.2, 0.25) is 0 Å². The van der Waals surface area contributed by atoms with E-state index in [4.69, 9.17) is 0 Å². The van der Waals surface area contributed by atoms with E-state index in [-0.39, 0.29) is 18.3 Å². The summed E-state index contributed by atoms with van der Waals surface area (Å²) < 4.78 is 13.6. The van der Waals surface area contributed by atoms with Crippen molar-refractivity contribution in [1.29, 1.82) is 0 Å². The molecule has 24 heavy (non-hydrogen) atoms. The highest BCUT2D eigenvalue weighted by Gasteiger charge is 2.11. The Bertz CT molecular complexity index is 669. The summed E-state index contributed by atoms with van der Waals surface area (Å²) in [6.45, 7) is 6.28. The smallest absolute Gasteiger partial charge is 0.270 e. The Balaban J connectivity index is 2.07. The molecule has 0 aliphatic heterocycles. The minimum Gasteiger partial charge on any atom is -0.371 e. The summed E-state index contributed by atoms with van der Waals surface area (Å²) in [5, 5.41) is 2.73. The van der Waals surface area contributed by atoms with Gasteiger partial charge in [0, 0.05) is 37.1 Å². The van der Waals surface area contributed by atoms with Gasteiger partial charge in [-0.3, -0.25) is 9.78 Å². The molecule has 0 bridgehead atoms. The molecule has 0 aliphatic carbocycles. The van der Waals surface area contributed by atoms with E-state index in [2.05, 4.69) is 29.0 Å². The maximum absolute atomic E-state index is 13.6. The van der Waals surface area contributed by atoms with Crippen molar-refractivity contribution in [2.24, 2.45) is 0 Å². The third-order valence-electron chi connectivity index (χ3n) is 3.73. The number of carbonyl (C=O) groups is 1. The number of carbonyl (C=O) groups excluding carboxylic acids is 1. The molecule has 1 aromatic heterocycles. The van der Waals surface area contributed by atoms with Crippen LogP contribution in [0.4, 0.5) is 10.1 Å². The second kappa shape index (κ2) is 9.01. The molecular weight excluding hydrogens is 305 g/mol. The minimum atomic E-state index is -0.323. The first kappa shape index (κ1) is 17.9. The maximum Gasteiger partial charge on any atom is 0.270 e. The van der Waals surface area contributed by atoms with Crippen LogP contribution in [0.3, 0.4) is 0 Å². The summed E-state index contributed by atoms with van der Waals surface area (Å²) in [6.07, 6.45) is 3.72. The summed E-state index contributed by atoms with van der Waals surface area (Å²) in [7, 11) is 0. The van der Waals surface area contributed by atoms with Crippen molar-refractivity contribution in [1.82, 2.24) is 10.3 Å². The normalized spacial score (nSPS) is 10.5. The highest BCUT2D eigenvalue weighted by atomic mass is 19.1. The fourth-order valence-corrected chi connectivity index (χ4v) is 2.56. The lowest BCUT2D eigenvalue weighted by atomic mass is 10.2. The van der Waals surface area contributed by atoms with Crippen molar-refractivity contribution in [2.75, 3.05) is 18.0 Å². The minimum absolute atomic E-state index is 0.144. The van der Waals surface area contributed by atoms with Crippen LogP contribution in [-0.4, -0.2) is 24.0 Å². The summed E-state index contributed by atoms with van der Waals surface area (Å²) in [6, 6.07) is 10.1. The number of rotatable bonds is 8. The molecule has 0 unspecified atom stereocenters. The van der Waals surface area contributed by atoms with Crippen LogP contribution >= 0.6 is 0 Å². The molecule has 1 amide bonds. The molecule has 1 aromatic carbocycles. The van der Waals surface area contributed by atoms with Crippen LogP contribution in [0, 0.1) is 5.82 Å². The first-order valence-electron chi connectivity index (χ1n) is 8.38. The summed E-state index contributed by atoms with van der Waals surface area (Å²) >= 11 is 0. The molecule has 0 fully saturated rings. The van der Waals surface area contributed by atoms with E-state index in [0.29, 0.717) is 11.3 Å². The van der Waals surface area contributed by atoms with Crippen LogP contribution in [-0.2, 0) is 6.54 Å². The largest absolute Gasteiger partial charge is 0.371 e. The zero-order valence-electron chi connectivity index (χ0n) is 14.3. The van der Waals surface area contributed by atoms with Gasteiger partial charge >= 0.3 is 0 Å². The van der Waals surface area contributed by atoms with Crippen molar-refractivity contribution in [2.45, 2.75) is 33.2 Å². The number of amides is 1. The average molecular weight is 329 g/mol. The first-order valence-corrected chi connectivity index (χ1v) is 8.38. The molecule has 0 saturated carbocycles. The predicted octanol–water partition coefficient (Wildman–Crippen LogP) is 3.78. The van der Waals surface area contributed by atoms with E-state index in [9.17, 15) is 9.18 Å². The molecule has 2 aromatic rings. The predicted molar refractivity (Wildman–Crippen MR) is 94.6 cm³/mol. The van der Waals surface area contributed by atoms with Gasteiger partial charge < -0.3 is 10.2 Å². The van der Waals surface area contributed by atoms with Gasteiger partial charge in [-0.25, -0.2) is 4.39 Å². The molecular formula is C19H24FN3O. The highest BCUT2D eigenvalue weighted by molar-refractivity contribution is 5.93. The SMILES string of the molecule is CCCN(CCC)c1ccnc(C(=O)NCc2ccccc2F)c1. The number of aromatic nitrogens is 1. The standard InChI is InChI=1S/C19H24FN3O/c1-3-11-23(12-4-2)16-9-10-21-18(13-16)19(24)22-14-15-7-5-6-8-17(15)20/h5-10,13H,3-4,11-12,14H2,1-2H3,(H,22,24). The van der Waals surface area contributed by atoms with Gasteiger partial charge in [-0.1, -0.05) is 32.0 Å². The topological polar surface area (TPSA) is 45.2 Å². The molecule has 0 saturated heterocycles. The maximum atomic E-state index is 13.6. The van der Waals surface area contributed by atoms with Crippen LogP contribution in [0.15, 0.2) is 42.6 Å². The summed E-state index contributed by atoms with van der Waals surface area (Å²) in [5.41, 5.74) is 1.80. The molecule has 0 spiro atoms. The fourth-order valence-electron chi connectivity index (χ4n) is 2.56. The van der Waals surface area contributed by atoms with Crippen LogP contribution in [0.1, 0.15) is 42.7 Å². The van der Waals surface area contributed by atoms with Crippen molar-refractivity contribution < 1.29 is 9.18 Å². The first-order chi connectivity index (χ1) is 11.7. The molecule has 5 heteroatoms. The molecule has 0 atom stereocenters. The zero-order valence-corrected chi connectivity index (χ0v) is 14.3. The van der Waals surface area contributed by atoms with Crippen LogP contribution in [0.5, 0.6) is 0 Å². The molecule has 0 aliphatic rings. The van der Waals surface area contributed by atoms with Gasteiger partial charge in [0.25, 0.3) is 5.91 Å². The quantitative estimate of drug-likeness (QED) is 0.802. The number of hydrogen-bond donors (Lipinski definition) is 1. The Morgan fingerprint density at radius 2 is 1.88 bits per heavy atom. The molecule has 4 nitrogen and oxygen atoms in total. The number of halogens is 1. The van der Waals surface area contributed by atoms with Gasteiger partial charge in [0.05, 0.1) is 0 Å². The molecule has 128 valence electrons. The third-order valence-corrected chi connectivity index (χ3v) is 3.73. The Morgan fingerprint density at radius 1 is 1.17 bits per heavy atom. The van der Waals surface area contributed by atoms with Crippen molar-refractivity contribution in [3.8, 4) is 0 Å². The van der Waals surface area contributed by atoms with Gasteiger partial charge in [0.2, 0.25) is 0 Å². The number of pyridine rings is 1. The number of hydrogen-bond acceptors (Lipinski definition) is 3. The molecule has 1 N–H and O–H groups in total. The van der Waals surface area contributed by atoms with E-state index >= 15 is 0 Å². The van der Waals surface area contributed by atoms with Gasteiger partial charge in [-0.2, -0.15) is 0 Å². The van der Waals surface area contributed by atoms with Gasteiger partial charge in [-0.15, -0.1) is 0 Å². The monoisotopic (exact) mass is 329 g/mol. The molecule has 0 radical (unpaired) electrons. The van der Waals surface area contributed by atoms with Crippen molar-refractivity contribution >= 4 is 11.6 Å². The second-order valence-corrected chi connectivity index (χ2v) is 5.66. The summed E-state index contributed by atoms with van der Waals surface area (Å²) in [5.74, 6) is -0.621. The fraction of sp³-hybridized carbons (Fsp3) is 0.368. The van der Waals surface area contributed by atoms with Gasteiger partial charge in [0.1, 0.15) is 11.5 Å².